The molecule has 6 nitrogen and oxygen atoms in total. The van der Waals surface area contributed by atoms with Gasteiger partial charge in [0.1, 0.15) is 0 Å². The zero-order valence-electron chi connectivity index (χ0n) is 20.7. The van der Waals surface area contributed by atoms with Crippen LogP contribution >= 0.6 is 0 Å². The monoisotopic (exact) mass is 442 g/mol. The van der Waals surface area contributed by atoms with Crippen LogP contribution < -0.4 is 0 Å². The van der Waals surface area contributed by atoms with Crippen molar-refractivity contribution in [2.75, 3.05) is 6.61 Å². The second-order valence-corrected chi connectivity index (χ2v) is 10.2. The predicted molar refractivity (Wildman–Crippen MR) is 123 cm³/mol. The van der Waals surface area contributed by atoms with Crippen molar-refractivity contribution in [2.45, 2.75) is 87.0 Å². The van der Waals surface area contributed by atoms with Crippen molar-refractivity contribution in [3.05, 3.63) is 23.3 Å². The molecule has 2 rings (SSSR count). The second-order valence-electron chi connectivity index (χ2n) is 10.2. The molecule has 0 spiro atoms. The molecule has 0 bridgehead atoms. The molecule has 2 saturated carbocycles. The number of hydrogen-bond donors (Lipinski definition) is 1. The summed E-state index contributed by atoms with van der Waals surface area (Å²) in [4.78, 5) is 22.8. The number of carboxylic acids is 1. The Morgan fingerprint density at radius 1 is 0.906 bits per heavy atom. The molecule has 0 amide bonds. The van der Waals surface area contributed by atoms with Crippen molar-refractivity contribution in [3.63, 3.8) is 0 Å². The van der Waals surface area contributed by atoms with Crippen molar-refractivity contribution in [3.8, 4) is 12.1 Å². The second kappa shape index (κ2) is 10.3. The highest BCUT2D eigenvalue weighted by Gasteiger charge is 2.71. The zero-order valence-corrected chi connectivity index (χ0v) is 20.7. The largest absolute Gasteiger partial charge is 0.480 e. The van der Waals surface area contributed by atoms with E-state index < -0.39 is 16.8 Å². The number of nitrogens with zero attached hydrogens (tertiary/aromatic N) is 2. The van der Waals surface area contributed by atoms with E-state index in [-0.39, 0.29) is 16.8 Å². The summed E-state index contributed by atoms with van der Waals surface area (Å²) >= 11 is 0. The van der Waals surface area contributed by atoms with Gasteiger partial charge in [-0.2, -0.15) is 10.5 Å². The van der Waals surface area contributed by atoms with E-state index in [4.69, 9.17) is 15.1 Å². The Hall–Kier alpha value is -2.60. The van der Waals surface area contributed by atoms with Gasteiger partial charge in [0, 0.05) is 0 Å². The lowest BCUT2D eigenvalue weighted by molar-refractivity contribution is -0.148. The molecule has 6 heteroatoms. The Morgan fingerprint density at radius 2 is 1.31 bits per heavy atom. The number of carboxylic acid groups (broad SMARTS) is 1. The average Bonchev–Trinajstić information content (AvgIpc) is 3.52. The lowest BCUT2D eigenvalue weighted by Gasteiger charge is -2.14. The molecule has 1 N–H and O–H groups in total. The molecule has 0 radical (unpaired) electrons. The molecule has 0 aliphatic heterocycles. The van der Waals surface area contributed by atoms with E-state index >= 15 is 0 Å². The first-order valence-corrected chi connectivity index (χ1v) is 11.3. The summed E-state index contributed by atoms with van der Waals surface area (Å²) in [7, 11) is 0. The molecule has 176 valence electrons. The van der Waals surface area contributed by atoms with E-state index in [9.17, 15) is 14.9 Å². The Labute approximate surface area is 192 Å². The van der Waals surface area contributed by atoms with Gasteiger partial charge in [0.05, 0.1) is 18.7 Å². The van der Waals surface area contributed by atoms with Crippen LogP contribution in [0.5, 0.6) is 0 Å². The maximum absolute atomic E-state index is 11.8. The van der Waals surface area contributed by atoms with E-state index in [2.05, 4.69) is 32.1 Å². The molecule has 4 atom stereocenters. The van der Waals surface area contributed by atoms with Gasteiger partial charge < -0.3 is 9.84 Å². The summed E-state index contributed by atoms with van der Waals surface area (Å²) in [5.74, 6) is -1.31. The number of allylic oxidation sites excluding steroid dienone is 4. The third-order valence-electron chi connectivity index (χ3n) is 6.99. The van der Waals surface area contributed by atoms with Crippen molar-refractivity contribution < 1.29 is 19.4 Å². The Balaban J connectivity index is 0.000000323. The maximum Gasteiger partial charge on any atom is 0.327 e. The quantitative estimate of drug-likeness (QED) is 0.349. The first kappa shape index (κ1) is 27.4. The number of esters is 1. The molecule has 0 heterocycles. The summed E-state index contributed by atoms with van der Waals surface area (Å²) in [6.07, 6.45) is 8.78. The number of carbonyl (C=O) groups excluding carboxylic acids is 1. The van der Waals surface area contributed by atoms with Crippen LogP contribution in [0.1, 0.15) is 87.0 Å². The Bertz CT molecular complexity index is 869. The first-order valence-electron chi connectivity index (χ1n) is 11.3. The summed E-state index contributed by atoms with van der Waals surface area (Å²) in [6.45, 7) is 14.2. The minimum Gasteiger partial charge on any atom is -0.480 e. The van der Waals surface area contributed by atoms with E-state index in [1.54, 1.807) is 6.92 Å². The highest BCUT2D eigenvalue weighted by Crippen LogP contribution is 2.67. The van der Waals surface area contributed by atoms with Gasteiger partial charge in [-0.3, -0.25) is 9.59 Å². The van der Waals surface area contributed by atoms with Crippen molar-refractivity contribution in [2.24, 2.45) is 21.7 Å². The third kappa shape index (κ3) is 5.60. The van der Waals surface area contributed by atoms with Gasteiger partial charge >= 0.3 is 11.9 Å². The number of aliphatic carboxylic acids is 1. The standard InChI is InChI=1S/C14H21NO2.C12H17NO2/c1-5-17-12(16)14(10-15)9-13(14,4)8-6-7-11(2)3;1-9(2)5-4-6-11(3)7-12(11,8-13)10(14)15/h7H,5-6,8-9H2,1-4H3;5H,4,6-7H2,1-3H3,(H,14,15). The van der Waals surface area contributed by atoms with Gasteiger partial charge in [-0.1, -0.05) is 37.1 Å². The van der Waals surface area contributed by atoms with E-state index in [0.717, 1.165) is 25.7 Å². The van der Waals surface area contributed by atoms with Crippen LogP contribution in [-0.4, -0.2) is 23.7 Å². The summed E-state index contributed by atoms with van der Waals surface area (Å²) in [5.41, 5.74) is -0.0504. The van der Waals surface area contributed by atoms with Crippen LogP contribution in [0.3, 0.4) is 0 Å². The summed E-state index contributed by atoms with van der Waals surface area (Å²) in [6, 6.07) is 4.13. The summed E-state index contributed by atoms with van der Waals surface area (Å²) in [5, 5.41) is 27.2. The minimum atomic E-state index is -1.12. The minimum absolute atomic E-state index is 0.208. The maximum atomic E-state index is 11.8. The average molecular weight is 443 g/mol. The molecule has 2 fully saturated rings. The first-order chi connectivity index (χ1) is 14.8. The fourth-order valence-electron chi connectivity index (χ4n) is 4.39. The van der Waals surface area contributed by atoms with Gasteiger partial charge in [0.15, 0.2) is 10.8 Å². The van der Waals surface area contributed by atoms with Gasteiger partial charge in [-0.15, -0.1) is 0 Å². The van der Waals surface area contributed by atoms with Gasteiger partial charge in [-0.25, -0.2) is 0 Å². The Kier molecular flexibility index (Phi) is 8.87. The molecule has 4 unspecified atom stereocenters. The van der Waals surface area contributed by atoms with Crippen LogP contribution in [0.15, 0.2) is 23.3 Å². The fraction of sp³-hybridized carbons (Fsp3) is 0.692. The van der Waals surface area contributed by atoms with Crippen LogP contribution in [-0.2, 0) is 14.3 Å². The smallest absolute Gasteiger partial charge is 0.327 e. The molecule has 2 aliphatic rings. The fourth-order valence-corrected chi connectivity index (χ4v) is 4.39. The Morgan fingerprint density at radius 3 is 1.62 bits per heavy atom. The topological polar surface area (TPSA) is 111 Å². The third-order valence-corrected chi connectivity index (χ3v) is 6.99. The molecular weight excluding hydrogens is 404 g/mol. The number of carbonyl (C=O) groups is 2. The van der Waals surface area contributed by atoms with Crippen molar-refractivity contribution in [1.29, 1.82) is 10.5 Å². The van der Waals surface area contributed by atoms with Crippen LogP contribution in [0.2, 0.25) is 0 Å². The predicted octanol–water partition coefficient (Wildman–Crippen LogP) is 5.95. The lowest BCUT2D eigenvalue weighted by Crippen LogP contribution is -2.23. The van der Waals surface area contributed by atoms with Gasteiger partial charge in [0.2, 0.25) is 0 Å². The molecule has 0 aromatic carbocycles. The molecule has 0 aromatic rings. The molecule has 32 heavy (non-hydrogen) atoms. The highest BCUT2D eigenvalue weighted by atomic mass is 16.5. The van der Waals surface area contributed by atoms with E-state index in [0.29, 0.717) is 19.4 Å². The number of nitriles is 2. The van der Waals surface area contributed by atoms with E-state index in [1.807, 2.05) is 33.8 Å². The van der Waals surface area contributed by atoms with Crippen LogP contribution in [0.4, 0.5) is 0 Å². The normalized spacial score (nSPS) is 31.5. The number of ether oxygens (including phenoxy) is 1. The van der Waals surface area contributed by atoms with Crippen LogP contribution in [0.25, 0.3) is 0 Å². The molecule has 0 aromatic heterocycles. The highest BCUT2D eigenvalue weighted by molar-refractivity contribution is 5.85. The van der Waals surface area contributed by atoms with E-state index in [1.165, 1.54) is 11.1 Å². The van der Waals surface area contributed by atoms with Crippen molar-refractivity contribution in [1.82, 2.24) is 0 Å². The number of hydrogen-bond acceptors (Lipinski definition) is 5. The molecule has 0 saturated heterocycles. The molecular formula is C26H38N2O4. The van der Waals surface area contributed by atoms with Crippen molar-refractivity contribution >= 4 is 11.9 Å². The van der Waals surface area contributed by atoms with Gasteiger partial charge in [0.25, 0.3) is 0 Å². The SMILES string of the molecule is CC(C)=CCCC1(C)CC1(C#N)C(=O)O.CCOC(=O)C1(C#N)CC1(C)CCC=C(C)C. The van der Waals surface area contributed by atoms with Gasteiger partial charge in [-0.05, 0) is 84.0 Å². The number of rotatable bonds is 9. The van der Waals surface area contributed by atoms with Crippen LogP contribution in [0, 0.1) is 44.3 Å². The molecule has 2 aliphatic carbocycles. The zero-order chi connectivity index (χ0) is 24.8. The lowest BCUT2D eigenvalue weighted by atomic mass is 9.91. The summed E-state index contributed by atoms with van der Waals surface area (Å²) < 4.78 is 5.01.